The van der Waals surface area contributed by atoms with Crippen LogP contribution in [0.15, 0.2) is 47.8 Å². The molecule has 106 valence electrons. The Labute approximate surface area is 124 Å². The van der Waals surface area contributed by atoms with Gasteiger partial charge in [0.15, 0.2) is 6.54 Å². The average molecular weight is 289 g/mol. The summed E-state index contributed by atoms with van der Waals surface area (Å²) in [5, 5.41) is 5.06. The van der Waals surface area contributed by atoms with E-state index in [-0.39, 0.29) is 5.91 Å². The Balaban J connectivity index is 1.65. The quantitative estimate of drug-likeness (QED) is 0.787. The number of carbonyl (C=O) groups is 1. The van der Waals surface area contributed by atoms with Crippen LogP contribution in [0.1, 0.15) is 10.4 Å². The van der Waals surface area contributed by atoms with E-state index >= 15 is 0 Å². The minimum atomic E-state index is 0.120. The molecule has 0 aliphatic rings. The predicted octanol–water partition coefficient (Wildman–Crippen LogP) is 1.12. The Morgan fingerprint density at radius 3 is 2.70 bits per heavy atom. The molecule has 1 aromatic carbocycles. The third-order valence-electron chi connectivity index (χ3n) is 3.10. The highest BCUT2D eigenvalue weighted by molar-refractivity contribution is 7.09. The van der Waals surface area contributed by atoms with Gasteiger partial charge in [-0.15, -0.1) is 11.3 Å². The van der Waals surface area contributed by atoms with Gasteiger partial charge in [0.05, 0.1) is 11.9 Å². The van der Waals surface area contributed by atoms with Gasteiger partial charge in [0, 0.05) is 6.54 Å². The lowest BCUT2D eigenvalue weighted by molar-refractivity contribution is -0.885. The van der Waals surface area contributed by atoms with Crippen LogP contribution in [0.3, 0.4) is 0 Å². The molecule has 4 heteroatoms. The van der Waals surface area contributed by atoms with Gasteiger partial charge in [-0.25, -0.2) is 0 Å². The molecule has 1 atom stereocenters. The number of benzene rings is 1. The van der Waals surface area contributed by atoms with Crippen LogP contribution in [0, 0.1) is 0 Å². The van der Waals surface area contributed by atoms with Crippen LogP contribution < -0.4 is 10.2 Å². The largest absolute Gasteiger partial charge is 0.351 e. The molecule has 20 heavy (non-hydrogen) atoms. The lowest BCUT2D eigenvalue weighted by atomic mass is 10.1. The molecule has 1 amide bonds. The molecular weight excluding hydrogens is 268 g/mol. The van der Waals surface area contributed by atoms with E-state index < -0.39 is 0 Å². The third kappa shape index (κ3) is 5.15. The van der Waals surface area contributed by atoms with Gasteiger partial charge in [0.1, 0.15) is 6.54 Å². The van der Waals surface area contributed by atoms with Crippen molar-refractivity contribution in [3.8, 4) is 0 Å². The van der Waals surface area contributed by atoms with Gasteiger partial charge in [-0.2, -0.15) is 0 Å². The van der Waals surface area contributed by atoms with E-state index in [1.165, 1.54) is 15.3 Å². The van der Waals surface area contributed by atoms with Crippen molar-refractivity contribution >= 4 is 17.2 Å². The van der Waals surface area contributed by atoms with Gasteiger partial charge in [0.25, 0.3) is 5.91 Å². The fourth-order valence-corrected chi connectivity index (χ4v) is 2.92. The second-order valence-corrected chi connectivity index (χ2v) is 6.01. The van der Waals surface area contributed by atoms with Crippen molar-refractivity contribution in [2.75, 3.05) is 20.1 Å². The zero-order chi connectivity index (χ0) is 14.2. The van der Waals surface area contributed by atoms with Gasteiger partial charge in [-0.3, -0.25) is 4.79 Å². The highest BCUT2D eigenvalue weighted by Gasteiger charge is 2.10. The first-order chi connectivity index (χ1) is 9.74. The van der Waals surface area contributed by atoms with Crippen LogP contribution in [0.4, 0.5) is 0 Å². The topological polar surface area (TPSA) is 33.5 Å². The molecule has 0 aliphatic carbocycles. The summed E-state index contributed by atoms with van der Waals surface area (Å²) in [5.74, 6) is 0.120. The van der Waals surface area contributed by atoms with Gasteiger partial charge < -0.3 is 10.2 Å². The number of carbonyl (C=O) groups excluding carboxylic acids is 1. The molecule has 2 N–H and O–H groups in total. The number of amides is 1. The van der Waals surface area contributed by atoms with Crippen LogP contribution in [0.2, 0.25) is 0 Å². The molecular formula is C16H21N2OS+. The fraction of sp³-hybridized carbons (Fsp3) is 0.312. The van der Waals surface area contributed by atoms with E-state index in [2.05, 4.69) is 35.9 Å². The summed E-state index contributed by atoms with van der Waals surface area (Å²) >= 11 is 1.74. The molecule has 3 nitrogen and oxygen atoms in total. The number of quaternary nitrogens is 1. The van der Waals surface area contributed by atoms with Crippen molar-refractivity contribution in [3.05, 3.63) is 58.3 Å². The molecule has 1 aromatic heterocycles. The third-order valence-corrected chi connectivity index (χ3v) is 3.97. The smallest absolute Gasteiger partial charge is 0.275 e. The first kappa shape index (κ1) is 14.8. The molecule has 0 saturated carbocycles. The second-order valence-electron chi connectivity index (χ2n) is 4.98. The lowest BCUT2D eigenvalue weighted by Crippen LogP contribution is -3.08. The van der Waals surface area contributed by atoms with Crippen molar-refractivity contribution in [3.63, 3.8) is 0 Å². The van der Waals surface area contributed by atoms with Gasteiger partial charge in [-0.1, -0.05) is 36.4 Å². The number of hydrogen-bond donors (Lipinski definition) is 2. The summed E-state index contributed by atoms with van der Waals surface area (Å²) in [4.78, 5) is 14.4. The Bertz CT molecular complexity index is 511. The van der Waals surface area contributed by atoms with Crippen molar-refractivity contribution in [2.45, 2.75) is 13.0 Å². The predicted molar refractivity (Wildman–Crippen MR) is 82.9 cm³/mol. The standard InChI is InChI=1S/C16H20N2OS/c1-18(12-15-8-5-11-20-15)13-16(19)17-10-9-14-6-3-2-4-7-14/h2-8,11H,9-10,12-13H2,1H3,(H,17,19)/p+1. The summed E-state index contributed by atoms with van der Waals surface area (Å²) in [6.45, 7) is 2.13. The SMILES string of the molecule is C[NH+](CC(=O)NCCc1ccccc1)Cc1cccs1. The maximum absolute atomic E-state index is 11.8. The van der Waals surface area contributed by atoms with Crippen LogP contribution in [0.25, 0.3) is 0 Å². The fourth-order valence-electron chi connectivity index (χ4n) is 2.10. The molecule has 0 bridgehead atoms. The Kier molecular flexibility index (Phi) is 5.77. The molecule has 2 aromatic rings. The minimum Gasteiger partial charge on any atom is -0.351 e. The average Bonchev–Trinajstić information content (AvgIpc) is 2.92. The summed E-state index contributed by atoms with van der Waals surface area (Å²) in [6.07, 6.45) is 0.885. The van der Waals surface area contributed by atoms with Crippen molar-refractivity contribution in [1.29, 1.82) is 0 Å². The number of rotatable bonds is 7. The molecule has 1 unspecified atom stereocenters. The van der Waals surface area contributed by atoms with Crippen molar-refractivity contribution < 1.29 is 9.69 Å². The van der Waals surface area contributed by atoms with E-state index in [0.717, 1.165) is 13.0 Å². The molecule has 0 aliphatic heterocycles. The van der Waals surface area contributed by atoms with Gasteiger partial charge in [0.2, 0.25) is 0 Å². The Morgan fingerprint density at radius 1 is 1.20 bits per heavy atom. The Hall–Kier alpha value is -1.65. The summed E-state index contributed by atoms with van der Waals surface area (Å²) in [5.41, 5.74) is 1.26. The number of nitrogens with one attached hydrogen (secondary N) is 2. The molecule has 1 heterocycles. The van der Waals surface area contributed by atoms with Gasteiger partial charge in [-0.05, 0) is 23.4 Å². The Morgan fingerprint density at radius 2 is 2.00 bits per heavy atom. The van der Waals surface area contributed by atoms with Crippen LogP contribution >= 0.6 is 11.3 Å². The monoisotopic (exact) mass is 289 g/mol. The van der Waals surface area contributed by atoms with E-state index in [0.29, 0.717) is 13.1 Å². The van der Waals surface area contributed by atoms with E-state index in [4.69, 9.17) is 0 Å². The molecule has 2 rings (SSSR count). The normalized spacial score (nSPS) is 12.1. The van der Waals surface area contributed by atoms with E-state index in [1.54, 1.807) is 11.3 Å². The summed E-state index contributed by atoms with van der Waals surface area (Å²) in [7, 11) is 2.05. The summed E-state index contributed by atoms with van der Waals surface area (Å²) < 4.78 is 0. The number of likely N-dealkylation sites (N-methyl/N-ethyl adjacent to an activating group) is 1. The van der Waals surface area contributed by atoms with Crippen molar-refractivity contribution in [1.82, 2.24) is 5.32 Å². The first-order valence-corrected chi connectivity index (χ1v) is 7.76. The van der Waals surface area contributed by atoms with E-state index in [1.807, 2.05) is 24.3 Å². The molecule has 0 radical (unpaired) electrons. The lowest BCUT2D eigenvalue weighted by Gasteiger charge is -2.12. The van der Waals surface area contributed by atoms with Crippen LogP contribution in [-0.2, 0) is 17.8 Å². The number of hydrogen-bond acceptors (Lipinski definition) is 2. The minimum absolute atomic E-state index is 0.120. The van der Waals surface area contributed by atoms with Crippen molar-refractivity contribution in [2.24, 2.45) is 0 Å². The second kappa shape index (κ2) is 7.82. The molecule has 0 fully saturated rings. The maximum Gasteiger partial charge on any atom is 0.275 e. The first-order valence-electron chi connectivity index (χ1n) is 6.88. The van der Waals surface area contributed by atoms with Crippen LogP contribution in [-0.4, -0.2) is 26.0 Å². The maximum atomic E-state index is 11.8. The van der Waals surface area contributed by atoms with Gasteiger partial charge >= 0.3 is 0 Å². The van der Waals surface area contributed by atoms with Crippen LogP contribution in [0.5, 0.6) is 0 Å². The molecule has 0 spiro atoms. The summed E-state index contributed by atoms with van der Waals surface area (Å²) in [6, 6.07) is 14.4. The zero-order valence-electron chi connectivity index (χ0n) is 11.8. The number of thiophene rings is 1. The zero-order valence-corrected chi connectivity index (χ0v) is 12.6. The highest BCUT2D eigenvalue weighted by Crippen LogP contribution is 2.05. The molecule has 0 saturated heterocycles. The van der Waals surface area contributed by atoms with E-state index in [9.17, 15) is 4.79 Å². The highest BCUT2D eigenvalue weighted by atomic mass is 32.1.